The number of esters is 4. The van der Waals surface area contributed by atoms with E-state index < -0.39 is 104 Å². The van der Waals surface area contributed by atoms with Crippen molar-refractivity contribution in [3.8, 4) is 0 Å². The Labute approximate surface area is 231 Å². The summed E-state index contributed by atoms with van der Waals surface area (Å²) in [6.07, 6.45) is -21.3. The van der Waals surface area contributed by atoms with E-state index in [-0.39, 0.29) is 0 Å². The molecule has 0 radical (unpaired) electrons. The lowest BCUT2D eigenvalue weighted by Gasteiger charge is -2.45. The highest BCUT2D eigenvalue weighted by atomic mass is 19.4. The van der Waals surface area contributed by atoms with Crippen LogP contribution in [0.25, 0.3) is 0 Å². The first-order chi connectivity index (χ1) is 19.2. The van der Waals surface area contributed by atoms with Crippen LogP contribution in [0.1, 0.15) is 27.7 Å². The van der Waals surface area contributed by atoms with Crippen molar-refractivity contribution in [2.45, 2.75) is 82.5 Å². The second kappa shape index (κ2) is 13.0. The summed E-state index contributed by atoms with van der Waals surface area (Å²) in [5.74, 6) is -10.8. The van der Waals surface area contributed by atoms with Crippen molar-refractivity contribution in [2.24, 2.45) is 0 Å². The van der Waals surface area contributed by atoms with Crippen LogP contribution in [0.5, 0.6) is 0 Å². The van der Waals surface area contributed by atoms with Crippen molar-refractivity contribution in [1.29, 1.82) is 0 Å². The Morgan fingerprint density at radius 1 is 0.857 bits per heavy atom. The monoisotopic (exact) mass is 625 g/mol. The largest absolute Gasteiger partial charge is 0.465 e. The first-order valence-corrected chi connectivity index (χ1v) is 11.7. The highest BCUT2D eigenvalue weighted by molar-refractivity contribution is 5.80. The molecule has 3 N–H and O–H groups in total. The second-order valence-corrected chi connectivity index (χ2v) is 8.77. The van der Waals surface area contributed by atoms with Crippen molar-refractivity contribution in [3.63, 3.8) is 0 Å². The number of ether oxygens (including phenoxy) is 6. The summed E-state index contributed by atoms with van der Waals surface area (Å²) in [7, 11) is 0. The normalized spacial score (nSPS) is 27.2. The Kier molecular flexibility index (Phi) is 10.6. The number of rotatable bonds is 8. The van der Waals surface area contributed by atoms with Gasteiger partial charge in [-0.1, -0.05) is 0 Å². The maximum Gasteiger partial charge on any atom is 0.465 e. The van der Waals surface area contributed by atoms with Crippen LogP contribution in [0.2, 0.25) is 0 Å². The standard InChI is InChI=1S/C21H25F6N3O12/c1-7(31)29-13-15(39-10(4)34)14(38-9(3)33)12(6-37-8(2)32)40-16(13)30-18(36)28-5-11-17(35)42-19(41-11,20(22,23)24)21(25,26)27/h11-16H,5-6H2,1-4H3,(H,29,31)(H2,28,30,36)/t11-,12+,13+,14+,15+,16?/m0/s1. The molecular formula is C21H25F6N3O12. The van der Waals surface area contributed by atoms with Gasteiger partial charge in [0.05, 0.1) is 6.54 Å². The van der Waals surface area contributed by atoms with E-state index in [4.69, 9.17) is 18.9 Å². The number of cyclic esters (lactones) is 1. The van der Waals surface area contributed by atoms with Crippen molar-refractivity contribution >= 4 is 35.8 Å². The molecule has 0 aliphatic carbocycles. The molecule has 2 heterocycles. The van der Waals surface area contributed by atoms with Gasteiger partial charge in [-0.2, -0.15) is 26.3 Å². The highest BCUT2D eigenvalue weighted by Crippen LogP contribution is 2.50. The van der Waals surface area contributed by atoms with Crippen LogP contribution in [0, 0.1) is 0 Å². The van der Waals surface area contributed by atoms with Gasteiger partial charge in [-0.25, -0.2) is 9.59 Å². The van der Waals surface area contributed by atoms with Crippen LogP contribution >= 0.6 is 0 Å². The predicted molar refractivity (Wildman–Crippen MR) is 116 cm³/mol. The Morgan fingerprint density at radius 3 is 1.86 bits per heavy atom. The van der Waals surface area contributed by atoms with Gasteiger partial charge in [0.2, 0.25) is 5.91 Å². The third kappa shape index (κ3) is 8.11. The molecule has 0 aromatic rings. The molecular weight excluding hydrogens is 600 g/mol. The average molecular weight is 625 g/mol. The summed E-state index contributed by atoms with van der Waals surface area (Å²) in [6, 6.07) is -2.94. The van der Waals surface area contributed by atoms with Crippen molar-refractivity contribution in [1.82, 2.24) is 16.0 Å². The summed E-state index contributed by atoms with van der Waals surface area (Å²) in [5, 5.41) is 6.17. The van der Waals surface area contributed by atoms with Gasteiger partial charge in [0, 0.05) is 27.7 Å². The molecule has 2 fully saturated rings. The minimum atomic E-state index is -6.22. The number of carbonyl (C=O) groups excluding carboxylic acids is 6. The molecule has 0 aromatic heterocycles. The Balaban J connectivity index is 2.28. The fourth-order valence-electron chi connectivity index (χ4n) is 3.84. The number of halogens is 6. The number of alkyl halides is 6. The summed E-state index contributed by atoms with van der Waals surface area (Å²) in [5.41, 5.74) is 0. The Morgan fingerprint density at radius 2 is 1.40 bits per heavy atom. The molecule has 0 bridgehead atoms. The van der Waals surface area contributed by atoms with E-state index in [0.29, 0.717) is 0 Å². The van der Waals surface area contributed by atoms with Crippen molar-refractivity contribution in [3.05, 3.63) is 0 Å². The summed E-state index contributed by atoms with van der Waals surface area (Å²) >= 11 is 0. The van der Waals surface area contributed by atoms with Crippen LogP contribution in [-0.2, 0) is 52.4 Å². The fraction of sp³-hybridized carbons (Fsp3) is 0.714. The van der Waals surface area contributed by atoms with Crippen LogP contribution in [0.3, 0.4) is 0 Å². The minimum Gasteiger partial charge on any atom is -0.463 e. The van der Waals surface area contributed by atoms with Crippen LogP contribution in [0.4, 0.5) is 31.1 Å². The quantitative estimate of drug-likeness (QED) is 0.182. The molecule has 6 atom stereocenters. The second-order valence-electron chi connectivity index (χ2n) is 8.77. The van der Waals surface area contributed by atoms with Gasteiger partial charge in [0.15, 0.2) is 24.5 Å². The van der Waals surface area contributed by atoms with Gasteiger partial charge >= 0.3 is 48.0 Å². The molecule has 21 heteroatoms. The molecule has 15 nitrogen and oxygen atoms in total. The molecule has 0 spiro atoms. The van der Waals surface area contributed by atoms with Gasteiger partial charge in [0.1, 0.15) is 18.8 Å². The molecule has 0 aromatic carbocycles. The Hall–Kier alpha value is -3.88. The van der Waals surface area contributed by atoms with E-state index in [2.05, 4.69) is 20.1 Å². The molecule has 238 valence electrons. The summed E-state index contributed by atoms with van der Waals surface area (Å²) in [4.78, 5) is 71.2. The van der Waals surface area contributed by atoms with Crippen molar-refractivity contribution < 1.29 is 83.5 Å². The summed E-state index contributed by atoms with van der Waals surface area (Å²) < 4.78 is 107. The van der Waals surface area contributed by atoms with E-state index in [1.807, 2.05) is 0 Å². The zero-order valence-corrected chi connectivity index (χ0v) is 22.0. The van der Waals surface area contributed by atoms with Crippen LogP contribution < -0.4 is 16.0 Å². The lowest BCUT2D eigenvalue weighted by Crippen LogP contribution is -2.70. The van der Waals surface area contributed by atoms with Crippen LogP contribution in [-0.4, -0.2) is 104 Å². The maximum absolute atomic E-state index is 13.1. The summed E-state index contributed by atoms with van der Waals surface area (Å²) in [6.45, 7) is 2.03. The minimum absolute atomic E-state index is 0.643. The number of nitrogens with one attached hydrogen (secondary N) is 3. The number of hydrogen-bond acceptors (Lipinski definition) is 12. The topological polar surface area (TPSA) is 194 Å². The zero-order chi connectivity index (χ0) is 32.2. The lowest BCUT2D eigenvalue weighted by atomic mass is 9.95. The van der Waals surface area contributed by atoms with Gasteiger partial charge in [-0.3, -0.25) is 19.2 Å². The molecule has 2 aliphatic heterocycles. The zero-order valence-electron chi connectivity index (χ0n) is 22.0. The third-order valence-corrected chi connectivity index (χ3v) is 5.40. The molecule has 42 heavy (non-hydrogen) atoms. The van der Waals surface area contributed by atoms with Gasteiger partial charge in [-0.15, -0.1) is 0 Å². The van der Waals surface area contributed by atoms with Gasteiger partial charge in [0.25, 0.3) is 0 Å². The first kappa shape index (κ1) is 34.3. The number of carbonyl (C=O) groups is 6. The van der Waals surface area contributed by atoms with E-state index in [9.17, 15) is 55.1 Å². The van der Waals surface area contributed by atoms with E-state index in [1.165, 1.54) is 0 Å². The van der Waals surface area contributed by atoms with Gasteiger partial charge in [-0.05, 0) is 0 Å². The van der Waals surface area contributed by atoms with Gasteiger partial charge < -0.3 is 44.4 Å². The SMILES string of the molecule is CC(=O)N[C@H]1C(NC(=O)NC[C@@H]2OC(C(F)(F)F)(C(F)(F)F)OC2=O)O[C@H](COC(C)=O)[C@@H](OC(C)=O)[C@@H]1OC(C)=O. The van der Waals surface area contributed by atoms with E-state index in [0.717, 1.165) is 27.7 Å². The smallest absolute Gasteiger partial charge is 0.463 e. The lowest BCUT2D eigenvalue weighted by molar-refractivity contribution is -0.439. The highest BCUT2D eigenvalue weighted by Gasteiger charge is 2.80. The number of amides is 3. The molecule has 0 saturated carbocycles. The van der Waals surface area contributed by atoms with E-state index >= 15 is 0 Å². The molecule has 2 aliphatic rings. The predicted octanol–water partition coefficient (Wildman–Crippen LogP) is -0.295. The molecule has 2 saturated heterocycles. The Bertz CT molecular complexity index is 1070. The first-order valence-electron chi connectivity index (χ1n) is 11.7. The van der Waals surface area contributed by atoms with Crippen LogP contribution in [0.15, 0.2) is 0 Å². The molecule has 1 unspecified atom stereocenters. The maximum atomic E-state index is 13.1. The molecule has 2 rings (SSSR count). The number of urea groups is 1. The third-order valence-electron chi connectivity index (χ3n) is 5.40. The number of hydrogen-bond donors (Lipinski definition) is 3. The molecule has 3 amide bonds. The van der Waals surface area contributed by atoms with Crippen molar-refractivity contribution in [2.75, 3.05) is 13.2 Å². The van der Waals surface area contributed by atoms with E-state index in [1.54, 1.807) is 5.32 Å². The average Bonchev–Trinajstić information content (AvgIpc) is 3.17. The fourth-order valence-corrected chi connectivity index (χ4v) is 3.84.